The van der Waals surface area contributed by atoms with E-state index in [1.54, 1.807) is 5.38 Å². The number of rotatable bonds is 3. The lowest BCUT2D eigenvalue weighted by atomic mass is 10.2. The summed E-state index contributed by atoms with van der Waals surface area (Å²) in [7, 11) is -3.34. The van der Waals surface area contributed by atoms with E-state index >= 15 is 0 Å². The summed E-state index contributed by atoms with van der Waals surface area (Å²) >= 11 is 7.70. The molecule has 3 nitrogen and oxygen atoms in total. The van der Waals surface area contributed by atoms with Crippen molar-refractivity contribution in [2.45, 2.75) is 12.2 Å². The molecule has 0 saturated heterocycles. The first kappa shape index (κ1) is 13.3. The van der Waals surface area contributed by atoms with E-state index in [1.165, 1.54) is 18.3 Å². The van der Waals surface area contributed by atoms with Crippen molar-refractivity contribution in [3.63, 3.8) is 0 Å². The Bertz CT molecular complexity index is 490. The molecule has 0 spiro atoms. The Morgan fingerprint density at radius 1 is 1.47 bits per heavy atom. The maximum absolute atomic E-state index is 11.8. The third-order valence-corrected chi connectivity index (χ3v) is 6.96. The molecular formula is C8H8Br2O3S2. The highest BCUT2D eigenvalue weighted by atomic mass is 79.9. The van der Waals surface area contributed by atoms with Crippen LogP contribution in [0.5, 0.6) is 0 Å². The molecule has 0 bridgehead atoms. The Morgan fingerprint density at radius 3 is 2.33 bits per heavy atom. The summed E-state index contributed by atoms with van der Waals surface area (Å²) in [4.78, 5) is 12.2. The van der Waals surface area contributed by atoms with Crippen LogP contribution in [-0.4, -0.2) is 25.7 Å². The van der Waals surface area contributed by atoms with Gasteiger partial charge < -0.3 is 0 Å². The second-order valence-corrected chi connectivity index (χ2v) is 7.96. The third kappa shape index (κ3) is 2.89. The van der Waals surface area contributed by atoms with Crippen molar-refractivity contribution in [3.05, 3.63) is 19.2 Å². The lowest BCUT2D eigenvalue weighted by molar-refractivity contribution is 0.0995. The van der Waals surface area contributed by atoms with Crippen molar-refractivity contribution in [1.82, 2.24) is 0 Å². The van der Waals surface area contributed by atoms with E-state index in [0.29, 0.717) is 9.35 Å². The molecule has 0 amide bonds. The molecule has 1 unspecified atom stereocenters. The average Bonchev–Trinajstić information content (AvgIpc) is 2.44. The van der Waals surface area contributed by atoms with Crippen LogP contribution in [0.15, 0.2) is 14.3 Å². The van der Waals surface area contributed by atoms with Gasteiger partial charge in [-0.05, 0) is 38.8 Å². The highest BCUT2D eigenvalue weighted by Gasteiger charge is 2.27. The van der Waals surface area contributed by atoms with Crippen LogP contribution in [0.4, 0.5) is 0 Å². The van der Waals surface area contributed by atoms with Crippen LogP contribution in [0.3, 0.4) is 0 Å². The van der Waals surface area contributed by atoms with Crippen molar-refractivity contribution in [2.75, 3.05) is 6.26 Å². The number of halogens is 2. The zero-order valence-corrected chi connectivity index (χ0v) is 12.8. The molecule has 7 heteroatoms. The van der Waals surface area contributed by atoms with Crippen LogP contribution in [0.1, 0.15) is 16.6 Å². The number of sulfone groups is 1. The van der Waals surface area contributed by atoms with Crippen molar-refractivity contribution < 1.29 is 13.2 Å². The fourth-order valence-corrected chi connectivity index (χ4v) is 3.65. The lowest BCUT2D eigenvalue weighted by Gasteiger charge is -2.06. The molecule has 1 rings (SSSR count). The zero-order chi connectivity index (χ0) is 11.8. The molecule has 15 heavy (non-hydrogen) atoms. The summed E-state index contributed by atoms with van der Waals surface area (Å²) in [5.41, 5.74) is 0. The second-order valence-electron chi connectivity index (χ2n) is 3.06. The Morgan fingerprint density at radius 2 is 2.00 bits per heavy atom. The number of Topliss-reactive ketones (excluding diaryl/α,β-unsaturated/α-hetero) is 1. The van der Waals surface area contributed by atoms with E-state index in [0.717, 1.165) is 10.7 Å². The topological polar surface area (TPSA) is 51.2 Å². The van der Waals surface area contributed by atoms with Crippen molar-refractivity contribution in [1.29, 1.82) is 0 Å². The average molecular weight is 376 g/mol. The van der Waals surface area contributed by atoms with Gasteiger partial charge in [0.1, 0.15) is 5.25 Å². The van der Waals surface area contributed by atoms with Gasteiger partial charge in [-0.25, -0.2) is 8.42 Å². The van der Waals surface area contributed by atoms with Gasteiger partial charge in [-0.3, -0.25) is 4.79 Å². The van der Waals surface area contributed by atoms with Crippen molar-refractivity contribution >= 4 is 58.8 Å². The van der Waals surface area contributed by atoms with Crippen LogP contribution >= 0.6 is 43.2 Å². The molecule has 0 aliphatic heterocycles. The predicted octanol–water partition coefficient (Wildman–Crippen LogP) is 2.89. The largest absolute Gasteiger partial charge is 0.292 e. The van der Waals surface area contributed by atoms with Crippen LogP contribution in [0, 0.1) is 0 Å². The fourth-order valence-electron chi connectivity index (χ4n) is 0.868. The molecule has 1 aromatic heterocycles. The predicted molar refractivity (Wildman–Crippen MR) is 68.4 cm³/mol. The number of thiophene rings is 1. The molecule has 1 heterocycles. The Hall–Kier alpha value is 0.280. The fraction of sp³-hybridized carbons (Fsp3) is 0.375. The summed E-state index contributed by atoms with van der Waals surface area (Å²) in [6, 6.07) is 0. The number of carbonyl (C=O) groups excluding carboxylic acids is 1. The normalized spacial score (nSPS) is 13.9. The first-order valence-corrected chi connectivity index (χ1v) is 8.32. The van der Waals surface area contributed by atoms with E-state index in [4.69, 9.17) is 0 Å². The van der Waals surface area contributed by atoms with Gasteiger partial charge >= 0.3 is 0 Å². The summed E-state index contributed by atoms with van der Waals surface area (Å²) in [6.07, 6.45) is 1.06. The van der Waals surface area contributed by atoms with Gasteiger partial charge in [-0.1, -0.05) is 0 Å². The number of hydrogen-bond donors (Lipinski definition) is 0. The molecule has 0 N–H and O–H groups in total. The zero-order valence-electron chi connectivity index (χ0n) is 7.95. The lowest BCUT2D eigenvalue weighted by Crippen LogP contribution is -2.25. The van der Waals surface area contributed by atoms with Crippen LogP contribution in [-0.2, 0) is 9.84 Å². The highest BCUT2D eigenvalue weighted by Crippen LogP contribution is 2.33. The minimum Gasteiger partial charge on any atom is -0.292 e. The third-order valence-electron chi connectivity index (χ3n) is 1.92. The molecule has 0 fully saturated rings. The quantitative estimate of drug-likeness (QED) is 0.763. The van der Waals surface area contributed by atoms with Gasteiger partial charge in [0.05, 0.1) is 9.35 Å². The Labute approximate surface area is 109 Å². The highest BCUT2D eigenvalue weighted by molar-refractivity contribution is 9.13. The molecule has 0 aliphatic rings. The number of carbonyl (C=O) groups is 1. The number of hydrogen-bond acceptors (Lipinski definition) is 4. The first-order chi connectivity index (χ1) is 6.75. The molecule has 0 aromatic carbocycles. The second kappa shape index (κ2) is 4.65. The molecule has 0 aliphatic carbocycles. The summed E-state index contributed by atoms with van der Waals surface area (Å²) < 4.78 is 23.8. The first-order valence-electron chi connectivity index (χ1n) is 3.90. The van der Waals surface area contributed by atoms with Gasteiger partial charge in [-0.2, -0.15) is 0 Å². The maximum Gasteiger partial charge on any atom is 0.191 e. The standard InChI is InChI=1S/C8H8Br2O3S2/c1-4(15(2,12)13)7(11)8-6(10)5(9)3-14-8/h3-4H,1-2H3. The van der Waals surface area contributed by atoms with Gasteiger partial charge in [0.15, 0.2) is 15.6 Å². The Kier molecular flexibility index (Phi) is 4.13. The molecule has 0 saturated carbocycles. The Balaban J connectivity index is 3.11. The minimum absolute atomic E-state index is 0.375. The summed E-state index contributed by atoms with van der Waals surface area (Å²) in [5.74, 6) is -0.375. The smallest absolute Gasteiger partial charge is 0.191 e. The van der Waals surface area contributed by atoms with E-state index < -0.39 is 15.1 Å². The SMILES string of the molecule is CC(C(=O)c1scc(Br)c1Br)S(C)(=O)=O. The molecular weight excluding hydrogens is 368 g/mol. The van der Waals surface area contributed by atoms with Gasteiger partial charge in [0.25, 0.3) is 0 Å². The summed E-state index contributed by atoms with van der Waals surface area (Å²) in [5, 5.41) is 0.742. The van der Waals surface area contributed by atoms with E-state index in [9.17, 15) is 13.2 Å². The van der Waals surface area contributed by atoms with E-state index in [1.807, 2.05) is 0 Å². The van der Waals surface area contributed by atoms with E-state index in [-0.39, 0.29) is 5.78 Å². The molecule has 1 aromatic rings. The van der Waals surface area contributed by atoms with Gasteiger partial charge in [0, 0.05) is 16.1 Å². The van der Waals surface area contributed by atoms with Crippen molar-refractivity contribution in [3.8, 4) is 0 Å². The molecule has 1 atom stereocenters. The van der Waals surface area contributed by atoms with Crippen LogP contribution in [0.2, 0.25) is 0 Å². The maximum atomic E-state index is 11.8. The summed E-state index contributed by atoms with van der Waals surface area (Å²) in [6.45, 7) is 1.40. The van der Waals surface area contributed by atoms with Crippen LogP contribution in [0.25, 0.3) is 0 Å². The number of ketones is 1. The minimum atomic E-state index is -3.34. The van der Waals surface area contributed by atoms with E-state index in [2.05, 4.69) is 31.9 Å². The van der Waals surface area contributed by atoms with Gasteiger partial charge in [0.2, 0.25) is 0 Å². The molecule has 84 valence electrons. The molecule has 0 radical (unpaired) electrons. The monoisotopic (exact) mass is 374 g/mol. The van der Waals surface area contributed by atoms with Crippen LogP contribution < -0.4 is 0 Å². The van der Waals surface area contributed by atoms with Gasteiger partial charge in [-0.15, -0.1) is 11.3 Å². The van der Waals surface area contributed by atoms with Crippen molar-refractivity contribution in [2.24, 2.45) is 0 Å².